The molecule has 0 saturated heterocycles. The summed E-state index contributed by atoms with van der Waals surface area (Å²) in [7, 11) is 1.51. The summed E-state index contributed by atoms with van der Waals surface area (Å²) in [5.41, 5.74) is 1.34. The summed E-state index contributed by atoms with van der Waals surface area (Å²) in [6, 6.07) is 20.4. The molecule has 0 bridgehead atoms. The lowest BCUT2D eigenvalue weighted by Crippen LogP contribution is -2.29. The van der Waals surface area contributed by atoms with Gasteiger partial charge in [0.25, 0.3) is 0 Å². The number of hydrogen-bond acceptors (Lipinski definition) is 6. The monoisotopic (exact) mass is 425 g/mol. The molecule has 0 aromatic heterocycles. The van der Waals surface area contributed by atoms with Crippen LogP contribution in [0.25, 0.3) is 10.8 Å². The zero-order chi connectivity index (χ0) is 22.1. The van der Waals surface area contributed by atoms with Gasteiger partial charge in [0, 0.05) is 25.5 Å². The number of nitrogens with one attached hydrogen (secondary N) is 1. The van der Waals surface area contributed by atoms with Crippen LogP contribution in [-0.4, -0.2) is 49.3 Å². The number of aliphatic hydroxyl groups is 2. The minimum Gasteiger partial charge on any atom is -0.491 e. The smallest absolute Gasteiger partial charge is 0.412 e. The number of anilines is 1. The summed E-state index contributed by atoms with van der Waals surface area (Å²) in [6.07, 6.45) is -1.60. The Kier molecular flexibility index (Phi) is 8.23. The molecule has 0 radical (unpaired) electrons. The maximum Gasteiger partial charge on any atom is 0.412 e. The van der Waals surface area contributed by atoms with Gasteiger partial charge in [-0.1, -0.05) is 48.5 Å². The highest BCUT2D eigenvalue weighted by Gasteiger charge is 2.27. The van der Waals surface area contributed by atoms with Crippen molar-refractivity contribution in [2.45, 2.75) is 18.6 Å². The summed E-state index contributed by atoms with van der Waals surface area (Å²) < 4.78 is 16.6. The van der Waals surface area contributed by atoms with Crippen molar-refractivity contribution in [2.24, 2.45) is 0 Å². The number of hydrogen-bond donors (Lipinski definition) is 3. The number of benzene rings is 3. The largest absolute Gasteiger partial charge is 0.491 e. The first-order valence-corrected chi connectivity index (χ1v) is 10.1. The van der Waals surface area contributed by atoms with Crippen molar-refractivity contribution in [1.29, 1.82) is 0 Å². The van der Waals surface area contributed by atoms with Gasteiger partial charge in [-0.3, -0.25) is 5.32 Å². The van der Waals surface area contributed by atoms with Crippen LogP contribution in [-0.2, 0) is 9.47 Å². The second-order valence-corrected chi connectivity index (χ2v) is 6.91. The molecule has 3 aromatic carbocycles. The molecule has 0 fully saturated rings. The van der Waals surface area contributed by atoms with Gasteiger partial charge in [0.15, 0.2) is 6.10 Å². The topological polar surface area (TPSA) is 97.2 Å². The van der Waals surface area contributed by atoms with Crippen molar-refractivity contribution < 1.29 is 29.2 Å². The summed E-state index contributed by atoms with van der Waals surface area (Å²) >= 11 is 0. The summed E-state index contributed by atoms with van der Waals surface area (Å²) in [6.45, 7) is 0.00298. The molecule has 0 aliphatic carbocycles. The number of carbonyl (C=O) groups is 1. The fourth-order valence-corrected chi connectivity index (χ4v) is 3.39. The van der Waals surface area contributed by atoms with E-state index in [4.69, 9.17) is 19.3 Å². The third-order valence-corrected chi connectivity index (χ3v) is 4.88. The molecule has 3 N–H and O–H groups in total. The molecule has 0 aliphatic rings. The highest BCUT2D eigenvalue weighted by molar-refractivity contribution is 6.00. The standard InChI is InChI=1S/C24H27NO6/c1-29-22(13-14-26)23(18-9-11-19(12-10-18)30-16-15-27)31-24(28)25-21-8-4-6-17-5-2-3-7-20(17)21/h2-12,22-23,26-27H,13-16H2,1H3,(H,25,28)/t22-,23-/m1/s1. The first kappa shape index (κ1) is 22.6. The van der Waals surface area contributed by atoms with E-state index in [9.17, 15) is 9.90 Å². The minimum absolute atomic E-state index is 0.0793. The number of methoxy groups -OCH3 is 1. The van der Waals surface area contributed by atoms with Crippen LogP contribution >= 0.6 is 0 Å². The van der Waals surface area contributed by atoms with E-state index in [1.807, 2.05) is 42.5 Å². The van der Waals surface area contributed by atoms with Crippen molar-refractivity contribution in [3.63, 3.8) is 0 Å². The predicted molar refractivity (Wildman–Crippen MR) is 118 cm³/mol. The van der Waals surface area contributed by atoms with Gasteiger partial charge >= 0.3 is 6.09 Å². The second-order valence-electron chi connectivity index (χ2n) is 6.91. The molecule has 2 atom stereocenters. The van der Waals surface area contributed by atoms with Crippen molar-refractivity contribution >= 4 is 22.6 Å². The first-order valence-electron chi connectivity index (χ1n) is 10.1. The summed E-state index contributed by atoms with van der Waals surface area (Å²) in [4.78, 5) is 12.8. The second kappa shape index (κ2) is 11.3. The van der Waals surface area contributed by atoms with Crippen LogP contribution < -0.4 is 10.1 Å². The van der Waals surface area contributed by atoms with Crippen LogP contribution in [0.4, 0.5) is 10.5 Å². The Bertz CT molecular complexity index is 970. The van der Waals surface area contributed by atoms with E-state index in [0.29, 0.717) is 23.4 Å². The first-order chi connectivity index (χ1) is 15.2. The summed E-state index contributed by atoms with van der Waals surface area (Å²) in [5.74, 6) is 0.591. The Balaban J connectivity index is 1.79. The van der Waals surface area contributed by atoms with Crippen molar-refractivity contribution in [3.8, 4) is 5.75 Å². The highest BCUT2D eigenvalue weighted by atomic mass is 16.6. The molecular formula is C24H27NO6. The van der Waals surface area contributed by atoms with E-state index in [0.717, 1.165) is 10.8 Å². The molecule has 31 heavy (non-hydrogen) atoms. The predicted octanol–water partition coefficient (Wildman–Crippen LogP) is 3.90. The number of aliphatic hydroxyl groups excluding tert-OH is 2. The fourth-order valence-electron chi connectivity index (χ4n) is 3.39. The molecule has 0 saturated carbocycles. The molecule has 0 aliphatic heterocycles. The molecule has 3 rings (SSSR count). The number of rotatable bonds is 10. The van der Waals surface area contributed by atoms with E-state index in [1.54, 1.807) is 24.3 Å². The zero-order valence-electron chi connectivity index (χ0n) is 17.4. The van der Waals surface area contributed by atoms with Gasteiger partial charge in [-0.25, -0.2) is 4.79 Å². The number of carbonyl (C=O) groups excluding carboxylic acids is 1. The van der Waals surface area contributed by atoms with Crippen LogP contribution in [0.1, 0.15) is 18.1 Å². The quantitative estimate of drug-likeness (QED) is 0.456. The SMILES string of the molecule is CO[C@H](CCO)[C@H](OC(=O)Nc1cccc2ccccc12)c1ccc(OCCO)cc1. The molecule has 7 heteroatoms. The summed E-state index contributed by atoms with van der Waals surface area (Å²) in [5, 5.41) is 23.0. The van der Waals surface area contributed by atoms with Crippen LogP contribution in [0.15, 0.2) is 66.7 Å². The Morgan fingerprint density at radius 3 is 2.42 bits per heavy atom. The maximum atomic E-state index is 12.8. The van der Waals surface area contributed by atoms with Crippen molar-refractivity contribution in [3.05, 3.63) is 72.3 Å². The van der Waals surface area contributed by atoms with Gasteiger partial charge < -0.3 is 24.4 Å². The number of amides is 1. The lowest BCUT2D eigenvalue weighted by Gasteiger charge is -2.26. The Hall–Kier alpha value is -3.13. The lowest BCUT2D eigenvalue weighted by atomic mass is 10.0. The normalized spacial score (nSPS) is 12.9. The molecule has 164 valence electrons. The molecule has 3 aromatic rings. The van der Waals surface area contributed by atoms with E-state index in [2.05, 4.69) is 5.32 Å². The van der Waals surface area contributed by atoms with Gasteiger partial charge in [0.1, 0.15) is 18.5 Å². The van der Waals surface area contributed by atoms with E-state index in [-0.39, 0.29) is 19.8 Å². The van der Waals surface area contributed by atoms with Gasteiger partial charge in [-0.2, -0.15) is 0 Å². The maximum absolute atomic E-state index is 12.8. The minimum atomic E-state index is -0.737. The average molecular weight is 425 g/mol. The van der Waals surface area contributed by atoms with Crippen LogP contribution in [0.3, 0.4) is 0 Å². The highest BCUT2D eigenvalue weighted by Crippen LogP contribution is 2.29. The van der Waals surface area contributed by atoms with Gasteiger partial charge in [0.2, 0.25) is 0 Å². The van der Waals surface area contributed by atoms with E-state index < -0.39 is 18.3 Å². The number of fused-ring (bicyclic) bond motifs is 1. The molecule has 1 amide bonds. The van der Waals surface area contributed by atoms with E-state index in [1.165, 1.54) is 7.11 Å². The van der Waals surface area contributed by atoms with Crippen LogP contribution in [0.5, 0.6) is 5.75 Å². The van der Waals surface area contributed by atoms with E-state index >= 15 is 0 Å². The molecule has 7 nitrogen and oxygen atoms in total. The van der Waals surface area contributed by atoms with Gasteiger partial charge in [-0.05, 0) is 29.1 Å². The van der Waals surface area contributed by atoms with Crippen molar-refractivity contribution in [2.75, 3.05) is 32.2 Å². The molecule has 0 heterocycles. The third-order valence-electron chi connectivity index (χ3n) is 4.88. The van der Waals surface area contributed by atoms with Crippen molar-refractivity contribution in [1.82, 2.24) is 0 Å². The Labute approximate surface area is 181 Å². The van der Waals surface area contributed by atoms with Crippen LogP contribution in [0, 0.1) is 0 Å². The Morgan fingerprint density at radius 1 is 0.968 bits per heavy atom. The molecular weight excluding hydrogens is 398 g/mol. The molecule has 0 spiro atoms. The molecule has 0 unspecified atom stereocenters. The fraction of sp³-hybridized carbons (Fsp3) is 0.292. The van der Waals surface area contributed by atoms with Crippen LogP contribution in [0.2, 0.25) is 0 Å². The third kappa shape index (κ3) is 5.95. The average Bonchev–Trinajstić information content (AvgIpc) is 2.80. The Morgan fingerprint density at radius 2 is 1.71 bits per heavy atom. The number of ether oxygens (including phenoxy) is 3. The van der Waals surface area contributed by atoms with Gasteiger partial charge in [0.05, 0.1) is 12.3 Å². The zero-order valence-corrected chi connectivity index (χ0v) is 17.4. The lowest BCUT2D eigenvalue weighted by molar-refractivity contribution is -0.0306. The van der Waals surface area contributed by atoms with Gasteiger partial charge in [-0.15, -0.1) is 0 Å².